The SMILES string of the molecule is CCCC1(C(=O)O)CCN(C(=O)N(CC)CC(C)C)C1. The summed E-state index contributed by atoms with van der Waals surface area (Å²) in [4.78, 5) is 27.6. The van der Waals surface area contributed by atoms with Gasteiger partial charge in [0, 0.05) is 26.2 Å². The lowest BCUT2D eigenvalue weighted by molar-refractivity contribution is -0.148. The van der Waals surface area contributed by atoms with Crippen LogP contribution < -0.4 is 0 Å². The molecule has 0 aromatic heterocycles. The Morgan fingerprint density at radius 3 is 2.45 bits per heavy atom. The Morgan fingerprint density at radius 2 is 2.00 bits per heavy atom. The minimum absolute atomic E-state index is 0.0135. The van der Waals surface area contributed by atoms with Crippen LogP contribution in [0.25, 0.3) is 0 Å². The second-order valence-corrected chi connectivity index (χ2v) is 6.22. The van der Waals surface area contributed by atoms with Crippen LogP contribution in [0.5, 0.6) is 0 Å². The van der Waals surface area contributed by atoms with Gasteiger partial charge in [0.1, 0.15) is 0 Å². The molecule has 0 saturated carbocycles. The van der Waals surface area contributed by atoms with Crippen LogP contribution >= 0.6 is 0 Å². The molecule has 1 N–H and O–H groups in total. The van der Waals surface area contributed by atoms with Crippen molar-refractivity contribution in [3.8, 4) is 0 Å². The molecule has 1 fully saturated rings. The van der Waals surface area contributed by atoms with E-state index in [2.05, 4.69) is 13.8 Å². The topological polar surface area (TPSA) is 60.9 Å². The molecule has 0 aromatic rings. The minimum atomic E-state index is -0.762. The van der Waals surface area contributed by atoms with Gasteiger partial charge in [-0.2, -0.15) is 0 Å². The fraction of sp³-hybridized carbons (Fsp3) is 0.867. The summed E-state index contributed by atoms with van der Waals surface area (Å²) in [6.45, 7) is 10.4. The molecule has 0 aliphatic carbocycles. The van der Waals surface area contributed by atoms with Gasteiger partial charge in [-0.3, -0.25) is 4.79 Å². The number of urea groups is 1. The van der Waals surface area contributed by atoms with Crippen molar-refractivity contribution in [1.82, 2.24) is 9.80 Å². The molecule has 5 nitrogen and oxygen atoms in total. The van der Waals surface area contributed by atoms with E-state index in [0.29, 0.717) is 38.4 Å². The Bertz CT molecular complexity index is 357. The second kappa shape index (κ2) is 6.95. The summed E-state index contributed by atoms with van der Waals surface area (Å²) in [6, 6.07) is -0.0135. The first kappa shape index (κ1) is 16.8. The third-order valence-electron chi connectivity index (χ3n) is 4.04. The molecule has 5 heteroatoms. The maximum absolute atomic E-state index is 12.5. The largest absolute Gasteiger partial charge is 0.481 e. The molecule has 1 atom stereocenters. The molecule has 116 valence electrons. The van der Waals surface area contributed by atoms with Gasteiger partial charge in [-0.25, -0.2) is 4.79 Å². The lowest BCUT2D eigenvalue weighted by Crippen LogP contribution is -2.45. The van der Waals surface area contributed by atoms with E-state index in [4.69, 9.17) is 0 Å². The molecular formula is C15H28N2O3. The standard InChI is InChI=1S/C15H28N2O3/c1-5-7-15(13(18)19)8-9-17(11-15)14(20)16(6-2)10-12(3)4/h12H,5-11H2,1-4H3,(H,18,19). The number of carbonyl (C=O) groups is 2. The van der Waals surface area contributed by atoms with E-state index in [1.807, 2.05) is 18.7 Å². The van der Waals surface area contributed by atoms with E-state index in [-0.39, 0.29) is 6.03 Å². The van der Waals surface area contributed by atoms with Crippen molar-refractivity contribution in [3.63, 3.8) is 0 Å². The van der Waals surface area contributed by atoms with Crippen molar-refractivity contribution in [1.29, 1.82) is 0 Å². The fourth-order valence-electron chi connectivity index (χ4n) is 2.98. The van der Waals surface area contributed by atoms with Gasteiger partial charge in [-0.15, -0.1) is 0 Å². The summed E-state index contributed by atoms with van der Waals surface area (Å²) >= 11 is 0. The Morgan fingerprint density at radius 1 is 1.35 bits per heavy atom. The predicted molar refractivity (Wildman–Crippen MR) is 78.6 cm³/mol. The maximum atomic E-state index is 12.5. The van der Waals surface area contributed by atoms with Gasteiger partial charge >= 0.3 is 12.0 Å². The number of carboxylic acid groups (broad SMARTS) is 1. The Kier molecular flexibility index (Phi) is 5.84. The molecule has 0 spiro atoms. The van der Waals surface area contributed by atoms with Gasteiger partial charge in [-0.05, 0) is 25.7 Å². The first-order chi connectivity index (χ1) is 9.36. The molecule has 1 aliphatic heterocycles. The monoisotopic (exact) mass is 284 g/mol. The molecule has 2 amide bonds. The highest BCUT2D eigenvalue weighted by molar-refractivity contribution is 5.79. The van der Waals surface area contributed by atoms with Crippen molar-refractivity contribution in [2.24, 2.45) is 11.3 Å². The molecule has 1 aliphatic rings. The third-order valence-corrected chi connectivity index (χ3v) is 4.04. The number of carbonyl (C=O) groups excluding carboxylic acids is 1. The number of likely N-dealkylation sites (tertiary alicyclic amines) is 1. The Labute approximate surface area is 121 Å². The van der Waals surface area contributed by atoms with Gasteiger partial charge in [-0.1, -0.05) is 27.2 Å². The molecule has 0 radical (unpaired) electrons. The lowest BCUT2D eigenvalue weighted by atomic mass is 9.83. The smallest absolute Gasteiger partial charge is 0.320 e. The van der Waals surface area contributed by atoms with Crippen LogP contribution in [0.15, 0.2) is 0 Å². The fourth-order valence-corrected chi connectivity index (χ4v) is 2.98. The van der Waals surface area contributed by atoms with Crippen molar-refractivity contribution in [3.05, 3.63) is 0 Å². The van der Waals surface area contributed by atoms with Gasteiger partial charge in [0.15, 0.2) is 0 Å². The molecule has 1 unspecified atom stereocenters. The number of amides is 2. The second-order valence-electron chi connectivity index (χ2n) is 6.22. The minimum Gasteiger partial charge on any atom is -0.481 e. The molecule has 1 heterocycles. The van der Waals surface area contributed by atoms with Crippen molar-refractivity contribution < 1.29 is 14.7 Å². The molecule has 1 rings (SSSR count). The maximum Gasteiger partial charge on any atom is 0.320 e. The Balaban J connectivity index is 2.74. The van der Waals surface area contributed by atoms with E-state index in [1.54, 1.807) is 4.90 Å². The van der Waals surface area contributed by atoms with Gasteiger partial charge in [0.05, 0.1) is 5.41 Å². The summed E-state index contributed by atoms with van der Waals surface area (Å²) in [7, 11) is 0. The van der Waals surface area contributed by atoms with E-state index in [1.165, 1.54) is 0 Å². The quantitative estimate of drug-likeness (QED) is 0.815. The van der Waals surface area contributed by atoms with Crippen LogP contribution in [0.1, 0.15) is 47.0 Å². The van der Waals surface area contributed by atoms with Gasteiger partial charge in [0.2, 0.25) is 0 Å². The molecule has 1 saturated heterocycles. The number of hydrogen-bond acceptors (Lipinski definition) is 2. The summed E-state index contributed by atoms with van der Waals surface area (Å²) in [5, 5.41) is 9.48. The summed E-state index contributed by atoms with van der Waals surface area (Å²) in [6.07, 6.45) is 2.04. The highest BCUT2D eigenvalue weighted by Gasteiger charge is 2.46. The highest BCUT2D eigenvalue weighted by atomic mass is 16.4. The lowest BCUT2D eigenvalue weighted by Gasteiger charge is -2.30. The first-order valence-corrected chi connectivity index (χ1v) is 7.63. The van der Waals surface area contributed by atoms with E-state index in [0.717, 1.165) is 13.0 Å². The van der Waals surface area contributed by atoms with Crippen molar-refractivity contribution in [2.45, 2.75) is 47.0 Å². The number of carboxylic acids is 1. The first-order valence-electron chi connectivity index (χ1n) is 7.63. The van der Waals surface area contributed by atoms with Crippen LogP contribution in [0.4, 0.5) is 4.79 Å². The molecule has 20 heavy (non-hydrogen) atoms. The van der Waals surface area contributed by atoms with Crippen LogP contribution in [-0.4, -0.2) is 53.1 Å². The summed E-state index contributed by atoms with van der Waals surface area (Å²) in [5.41, 5.74) is -0.734. The number of rotatable bonds is 6. The number of aliphatic carboxylic acids is 1. The van der Waals surface area contributed by atoms with Crippen molar-refractivity contribution in [2.75, 3.05) is 26.2 Å². The highest BCUT2D eigenvalue weighted by Crippen LogP contribution is 2.36. The third kappa shape index (κ3) is 3.64. The zero-order valence-corrected chi connectivity index (χ0v) is 13.2. The van der Waals surface area contributed by atoms with Crippen LogP contribution in [0.2, 0.25) is 0 Å². The van der Waals surface area contributed by atoms with Gasteiger partial charge < -0.3 is 14.9 Å². The Hall–Kier alpha value is -1.26. The van der Waals surface area contributed by atoms with Crippen LogP contribution in [0, 0.1) is 11.3 Å². The van der Waals surface area contributed by atoms with Crippen LogP contribution in [-0.2, 0) is 4.79 Å². The van der Waals surface area contributed by atoms with E-state index >= 15 is 0 Å². The molecule has 0 aromatic carbocycles. The molecule has 0 bridgehead atoms. The average molecular weight is 284 g/mol. The summed E-state index contributed by atoms with van der Waals surface area (Å²) in [5.74, 6) is -0.345. The average Bonchev–Trinajstić information content (AvgIpc) is 2.81. The normalized spacial score (nSPS) is 22.4. The number of nitrogens with zero attached hydrogens (tertiary/aromatic N) is 2. The zero-order valence-electron chi connectivity index (χ0n) is 13.2. The van der Waals surface area contributed by atoms with Gasteiger partial charge in [0.25, 0.3) is 0 Å². The van der Waals surface area contributed by atoms with Crippen LogP contribution in [0.3, 0.4) is 0 Å². The molecular weight excluding hydrogens is 256 g/mol. The summed E-state index contributed by atoms with van der Waals surface area (Å²) < 4.78 is 0. The number of hydrogen-bond donors (Lipinski definition) is 1. The zero-order chi connectivity index (χ0) is 15.3. The van der Waals surface area contributed by atoms with E-state index in [9.17, 15) is 14.7 Å². The van der Waals surface area contributed by atoms with E-state index < -0.39 is 11.4 Å². The van der Waals surface area contributed by atoms with Crippen molar-refractivity contribution >= 4 is 12.0 Å². The predicted octanol–water partition coefficient (Wildman–Crippen LogP) is 2.66.